The predicted octanol–water partition coefficient (Wildman–Crippen LogP) is 1.04. The van der Waals surface area contributed by atoms with E-state index in [0.717, 1.165) is 18.6 Å². The highest BCUT2D eigenvalue weighted by Crippen LogP contribution is 2.41. The highest BCUT2D eigenvalue weighted by Gasteiger charge is 2.55. The maximum absolute atomic E-state index is 12.1. The highest BCUT2D eigenvalue weighted by molar-refractivity contribution is 5.77. The summed E-state index contributed by atoms with van der Waals surface area (Å²) in [6.07, 6.45) is 1.30. The maximum Gasteiger partial charge on any atom is 0.246 e. The van der Waals surface area contributed by atoms with Gasteiger partial charge < -0.3 is 19.7 Å². The molecule has 5 heteroatoms. The monoisotopic (exact) mass is 304 g/mol. The molecule has 1 N–H and O–H groups in total. The molecule has 1 saturated carbocycles. The van der Waals surface area contributed by atoms with Crippen molar-refractivity contribution in [1.29, 1.82) is 0 Å². The van der Waals surface area contributed by atoms with Crippen molar-refractivity contribution in [3.8, 4) is 0 Å². The smallest absolute Gasteiger partial charge is 0.246 e. The molecule has 1 saturated heterocycles. The zero-order valence-corrected chi connectivity index (χ0v) is 13.2. The van der Waals surface area contributed by atoms with Crippen LogP contribution in [0.1, 0.15) is 12.0 Å². The van der Waals surface area contributed by atoms with Gasteiger partial charge in [0, 0.05) is 12.5 Å². The number of nitrogens with zero attached hydrogens (tertiary/aromatic N) is 1. The van der Waals surface area contributed by atoms with Crippen molar-refractivity contribution in [3.63, 3.8) is 0 Å². The normalized spacial score (nSPS) is 30.0. The Labute approximate surface area is 131 Å². The van der Waals surface area contributed by atoms with Crippen LogP contribution in [0.2, 0.25) is 0 Å². The highest BCUT2D eigenvalue weighted by atomic mass is 16.5. The first kappa shape index (κ1) is 15.5. The average molecular weight is 304 g/mol. The molecule has 0 bridgehead atoms. The van der Waals surface area contributed by atoms with Crippen LogP contribution >= 0.6 is 0 Å². The van der Waals surface area contributed by atoms with Crippen LogP contribution in [0.15, 0.2) is 30.3 Å². The molecule has 2 fully saturated rings. The third-order valence-corrected chi connectivity index (χ3v) is 4.62. The number of hydrogen-bond donors (Lipinski definition) is 1. The van der Waals surface area contributed by atoms with Crippen molar-refractivity contribution in [3.05, 3.63) is 35.9 Å². The quantitative estimate of drug-likeness (QED) is 0.853. The fourth-order valence-corrected chi connectivity index (χ4v) is 3.55. The Hall–Kier alpha value is -1.43. The second-order valence-corrected chi connectivity index (χ2v) is 6.31. The molecule has 2 aliphatic rings. The van der Waals surface area contributed by atoms with Gasteiger partial charge in [0.2, 0.25) is 5.91 Å². The summed E-state index contributed by atoms with van der Waals surface area (Å²) in [5.74, 6) is 0.406. The van der Waals surface area contributed by atoms with E-state index in [9.17, 15) is 4.79 Å². The second kappa shape index (κ2) is 6.77. The third-order valence-electron chi connectivity index (χ3n) is 4.62. The lowest BCUT2D eigenvalue weighted by Crippen LogP contribution is -2.69. The number of likely N-dealkylation sites (N-methyl/N-ethyl adjacent to an activating group) is 1. The minimum absolute atomic E-state index is 0.0434. The summed E-state index contributed by atoms with van der Waals surface area (Å²) in [5.41, 5.74) is 1.08. The number of ether oxygens (including phenoxy) is 2. The molecule has 0 unspecified atom stereocenters. The molecule has 4 atom stereocenters. The van der Waals surface area contributed by atoms with Crippen molar-refractivity contribution >= 4 is 5.91 Å². The van der Waals surface area contributed by atoms with Gasteiger partial charge in [-0.15, -0.1) is 0 Å². The molecule has 1 amide bonds. The van der Waals surface area contributed by atoms with E-state index in [2.05, 4.69) is 10.2 Å². The van der Waals surface area contributed by atoms with E-state index in [0.29, 0.717) is 12.5 Å². The Kier molecular flexibility index (Phi) is 4.76. The first-order valence-electron chi connectivity index (χ1n) is 7.86. The number of benzene rings is 1. The second-order valence-electron chi connectivity index (χ2n) is 6.31. The summed E-state index contributed by atoms with van der Waals surface area (Å²) >= 11 is 0. The lowest BCUT2D eigenvalue weighted by molar-refractivity contribution is -0.132. The number of rotatable bonds is 6. The van der Waals surface area contributed by atoms with Crippen LogP contribution in [-0.4, -0.2) is 56.3 Å². The van der Waals surface area contributed by atoms with Gasteiger partial charge in [0.15, 0.2) is 0 Å². The maximum atomic E-state index is 12.1. The van der Waals surface area contributed by atoms with E-state index in [-0.39, 0.29) is 30.7 Å². The molecule has 1 aliphatic heterocycles. The molecule has 0 radical (unpaired) electrons. The summed E-state index contributed by atoms with van der Waals surface area (Å²) in [7, 11) is 4.07. The standard InChI is InChI=1S/C17H24N2O3/c1-19(2)16-15(13-8-9-22-17(13)16)18-14(20)11-21-10-12-6-4-3-5-7-12/h3-7,13,15-17H,8-11H2,1-2H3,(H,18,20)/t13-,15+,16-,17-/m0/s1. The van der Waals surface area contributed by atoms with Crippen LogP contribution in [0.25, 0.3) is 0 Å². The van der Waals surface area contributed by atoms with Crippen molar-refractivity contribution in [2.45, 2.75) is 31.2 Å². The Balaban J connectivity index is 1.45. The lowest BCUT2D eigenvalue weighted by atomic mass is 9.71. The van der Waals surface area contributed by atoms with Crippen LogP contribution in [0.5, 0.6) is 0 Å². The molecular weight excluding hydrogens is 280 g/mol. The van der Waals surface area contributed by atoms with Crippen LogP contribution in [0.3, 0.4) is 0 Å². The van der Waals surface area contributed by atoms with Crippen LogP contribution in [0.4, 0.5) is 0 Å². The summed E-state index contributed by atoms with van der Waals surface area (Å²) in [6, 6.07) is 10.3. The van der Waals surface area contributed by atoms with Crippen molar-refractivity contribution < 1.29 is 14.3 Å². The zero-order valence-electron chi connectivity index (χ0n) is 13.2. The first-order chi connectivity index (χ1) is 10.7. The fraction of sp³-hybridized carbons (Fsp3) is 0.588. The third kappa shape index (κ3) is 3.16. The molecule has 1 aromatic carbocycles. The Morgan fingerprint density at radius 1 is 1.36 bits per heavy atom. The molecule has 3 rings (SSSR count). The largest absolute Gasteiger partial charge is 0.376 e. The Morgan fingerprint density at radius 3 is 2.86 bits per heavy atom. The van der Waals surface area contributed by atoms with E-state index in [1.807, 2.05) is 44.4 Å². The summed E-state index contributed by atoms with van der Waals surface area (Å²) in [5, 5.41) is 3.12. The van der Waals surface area contributed by atoms with Crippen molar-refractivity contribution in [1.82, 2.24) is 10.2 Å². The van der Waals surface area contributed by atoms with Gasteiger partial charge in [0.25, 0.3) is 0 Å². The molecule has 1 heterocycles. The van der Waals surface area contributed by atoms with Gasteiger partial charge in [-0.05, 0) is 26.1 Å². The molecule has 0 spiro atoms. The van der Waals surface area contributed by atoms with E-state index in [1.165, 1.54) is 0 Å². The fourth-order valence-electron chi connectivity index (χ4n) is 3.55. The molecule has 0 aromatic heterocycles. The van der Waals surface area contributed by atoms with Crippen LogP contribution in [0, 0.1) is 5.92 Å². The predicted molar refractivity (Wildman–Crippen MR) is 83.4 cm³/mol. The molecule has 5 nitrogen and oxygen atoms in total. The van der Waals surface area contributed by atoms with Crippen molar-refractivity contribution in [2.24, 2.45) is 5.92 Å². The van der Waals surface area contributed by atoms with Gasteiger partial charge in [-0.1, -0.05) is 30.3 Å². The van der Waals surface area contributed by atoms with E-state index in [4.69, 9.17) is 9.47 Å². The number of nitrogens with one attached hydrogen (secondary N) is 1. The number of hydrogen-bond acceptors (Lipinski definition) is 4. The minimum Gasteiger partial charge on any atom is -0.376 e. The van der Waals surface area contributed by atoms with E-state index < -0.39 is 0 Å². The van der Waals surface area contributed by atoms with E-state index >= 15 is 0 Å². The number of fused-ring (bicyclic) bond motifs is 1. The first-order valence-corrected chi connectivity index (χ1v) is 7.86. The molecule has 22 heavy (non-hydrogen) atoms. The lowest BCUT2D eigenvalue weighted by Gasteiger charge is -2.50. The summed E-state index contributed by atoms with van der Waals surface area (Å²) in [6.45, 7) is 1.37. The summed E-state index contributed by atoms with van der Waals surface area (Å²) in [4.78, 5) is 14.2. The number of carbonyl (C=O) groups is 1. The summed E-state index contributed by atoms with van der Waals surface area (Å²) < 4.78 is 11.3. The van der Waals surface area contributed by atoms with Gasteiger partial charge in [-0.2, -0.15) is 0 Å². The van der Waals surface area contributed by atoms with Gasteiger partial charge in [-0.3, -0.25) is 4.79 Å². The van der Waals surface area contributed by atoms with Crippen LogP contribution in [-0.2, 0) is 20.9 Å². The Morgan fingerprint density at radius 2 is 2.14 bits per heavy atom. The van der Waals surface area contributed by atoms with Crippen LogP contribution < -0.4 is 5.32 Å². The zero-order chi connectivity index (χ0) is 15.5. The van der Waals surface area contributed by atoms with Gasteiger partial charge in [0.05, 0.1) is 24.8 Å². The van der Waals surface area contributed by atoms with Crippen molar-refractivity contribution in [2.75, 3.05) is 27.3 Å². The van der Waals surface area contributed by atoms with Gasteiger partial charge in [0.1, 0.15) is 6.61 Å². The Bertz CT molecular complexity index is 506. The molecule has 1 aromatic rings. The molecule has 120 valence electrons. The van der Waals surface area contributed by atoms with E-state index in [1.54, 1.807) is 0 Å². The average Bonchev–Trinajstić information content (AvgIpc) is 2.89. The van der Waals surface area contributed by atoms with Gasteiger partial charge >= 0.3 is 0 Å². The number of amides is 1. The molecular formula is C17H24N2O3. The van der Waals surface area contributed by atoms with Gasteiger partial charge in [-0.25, -0.2) is 0 Å². The molecule has 1 aliphatic carbocycles. The topological polar surface area (TPSA) is 50.8 Å². The minimum atomic E-state index is -0.0434. The number of carbonyl (C=O) groups excluding carboxylic acids is 1. The SMILES string of the molecule is CN(C)[C@H]1[C@H](NC(=O)COCc2ccccc2)[C@@H]2CCO[C@@H]21.